The first-order valence-electron chi connectivity index (χ1n) is 5.04. The van der Waals surface area contributed by atoms with Crippen LogP contribution >= 0.6 is 31.9 Å². The van der Waals surface area contributed by atoms with Crippen LogP contribution in [-0.2, 0) is 4.74 Å². The fourth-order valence-corrected chi connectivity index (χ4v) is 1.40. The summed E-state index contributed by atoms with van der Waals surface area (Å²) in [7, 11) is 0. The highest BCUT2D eigenvalue weighted by atomic mass is 79.9. The maximum atomic E-state index is 9.46. The van der Waals surface area contributed by atoms with E-state index in [1.807, 2.05) is 0 Å². The molecule has 0 aromatic heterocycles. The second kappa shape index (κ2) is 9.62. The molecule has 0 aromatic rings. The Kier molecular flexibility index (Phi) is 10.0. The molecule has 0 spiro atoms. The van der Waals surface area contributed by atoms with Crippen LogP contribution < -0.4 is 0 Å². The molecule has 8 heteroatoms. The van der Waals surface area contributed by atoms with Crippen LogP contribution in [0.15, 0.2) is 0 Å². The Morgan fingerprint density at radius 1 is 0.941 bits per heavy atom. The van der Waals surface area contributed by atoms with Gasteiger partial charge in [-0.25, -0.2) is 0 Å². The second-order valence-corrected chi connectivity index (χ2v) is 5.53. The number of rotatable bonds is 9. The van der Waals surface area contributed by atoms with Crippen LogP contribution in [0.2, 0.25) is 0 Å². The molecule has 0 heterocycles. The lowest BCUT2D eigenvalue weighted by molar-refractivity contribution is -0.128. The van der Waals surface area contributed by atoms with Crippen molar-refractivity contribution < 1.29 is 30.3 Å². The summed E-state index contributed by atoms with van der Waals surface area (Å²) in [6.45, 7) is -0.544. The Hall–Kier alpha value is 0.720. The van der Waals surface area contributed by atoms with Crippen LogP contribution in [0.3, 0.4) is 0 Å². The normalized spacial score (nSPS) is 20.6. The van der Waals surface area contributed by atoms with Gasteiger partial charge in [0.05, 0.1) is 19.8 Å². The van der Waals surface area contributed by atoms with Gasteiger partial charge in [0.15, 0.2) is 0 Å². The third-order valence-corrected chi connectivity index (χ3v) is 4.32. The van der Waals surface area contributed by atoms with Gasteiger partial charge in [0.25, 0.3) is 0 Å². The largest absolute Gasteiger partial charge is 0.394 e. The van der Waals surface area contributed by atoms with Crippen molar-refractivity contribution in [2.24, 2.45) is 0 Å². The molecule has 5 N–H and O–H groups in total. The quantitative estimate of drug-likeness (QED) is 0.314. The lowest BCUT2D eigenvalue weighted by Gasteiger charge is -2.25. The summed E-state index contributed by atoms with van der Waals surface area (Å²) in [5, 5.41) is 46.5. The van der Waals surface area contributed by atoms with Crippen LogP contribution in [0.1, 0.15) is 0 Å². The Bertz CT molecular complexity index is 196. The van der Waals surface area contributed by atoms with E-state index in [9.17, 15) is 15.3 Å². The molecular formula is C9H18Br2O6. The second-order valence-electron chi connectivity index (χ2n) is 3.59. The molecule has 0 aliphatic heterocycles. The van der Waals surface area contributed by atoms with Crippen LogP contribution in [0.25, 0.3) is 0 Å². The fraction of sp³-hybridized carbons (Fsp3) is 1.00. The van der Waals surface area contributed by atoms with Gasteiger partial charge >= 0.3 is 0 Å². The molecule has 0 radical (unpaired) electrons. The smallest absolute Gasteiger partial charge is 0.111 e. The minimum atomic E-state index is -1.62. The summed E-state index contributed by atoms with van der Waals surface area (Å²) in [5.41, 5.74) is 0. The number of ether oxygens (including phenoxy) is 1. The molecule has 0 aliphatic rings. The number of hydrogen-bond donors (Lipinski definition) is 5. The lowest BCUT2D eigenvalue weighted by Crippen LogP contribution is -2.47. The average molecular weight is 382 g/mol. The van der Waals surface area contributed by atoms with E-state index in [1.165, 1.54) is 0 Å². The van der Waals surface area contributed by atoms with Crippen LogP contribution in [0.5, 0.6) is 0 Å². The SMILES string of the molecule is OCC(O)C(O)C(O)C(O)COCC(Br)CBr. The Balaban J connectivity index is 3.92. The molecular weight excluding hydrogens is 364 g/mol. The van der Waals surface area contributed by atoms with Crippen molar-refractivity contribution in [2.75, 3.05) is 25.2 Å². The van der Waals surface area contributed by atoms with Gasteiger partial charge in [-0.15, -0.1) is 0 Å². The molecule has 0 fully saturated rings. The average Bonchev–Trinajstić information content (AvgIpc) is 2.35. The van der Waals surface area contributed by atoms with Gasteiger partial charge < -0.3 is 30.3 Å². The zero-order valence-corrected chi connectivity index (χ0v) is 12.3. The summed E-state index contributed by atoms with van der Waals surface area (Å²) in [6, 6.07) is 0. The van der Waals surface area contributed by atoms with Gasteiger partial charge in [-0.2, -0.15) is 0 Å². The molecule has 6 nitrogen and oxygen atoms in total. The molecule has 5 atom stereocenters. The molecule has 0 saturated heterocycles. The Morgan fingerprint density at radius 2 is 1.47 bits per heavy atom. The molecule has 104 valence electrons. The fourth-order valence-electron chi connectivity index (χ4n) is 1.02. The van der Waals surface area contributed by atoms with E-state index in [0.29, 0.717) is 11.9 Å². The van der Waals surface area contributed by atoms with Crippen molar-refractivity contribution in [3.05, 3.63) is 0 Å². The molecule has 0 bridgehead atoms. The molecule has 5 unspecified atom stereocenters. The van der Waals surface area contributed by atoms with Gasteiger partial charge in [0, 0.05) is 10.2 Å². The maximum Gasteiger partial charge on any atom is 0.111 e. The highest BCUT2D eigenvalue weighted by Gasteiger charge is 2.30. The van der Waals surface area contributed by atoms with E-state index >= 15 is 0 Å². The predicted molar refractivity (Wildman–Crippen MR) is 68.4 cm³/mol. The molecule has 0 amide bonds. The first-order chi connectivity index (χ1) is 7.93. The summed E-state index contributed by atoms with van der Waals surface area (Å²) >= 11 is 6.51. The van der Waals surface area contributed by atoms with Gasteiger partial charge in [-0.1, -0.05) is 31.9 Å². The zero-order valence-electron chi connectivity index (χ0n) is 9.12. The predicted octanol–water partition coefficient (Wildman–Crippen LogP) is -1.40. The zero-order chi connectivity index (χ0) is 13.4. The van der Waals surface area contributed by atoms with Gasteiger partial charge in [0.1, 0.15) is 24.4 Å². The van der Waals surface area contributed by atoms with Crippen LogP contribution in [-0.4, -0.2) is 79.9 Å². The third-order valence-electron chi connectivity index (χ3n) is 2.08. The Labute approximate surface area is 116 Å². The highest BCUT2D eigenvalue weighted by Crippen LogP contribution is 2.08. The van der Waals surface area contributed by atoms with Crippen molar-refractivity contribution in [3.8, 4) is 0 Å². The van der Waals surface area contributed by atoms with Crippen molar-refractivity contribution in [2.45, 2.75) is 29.2 Å². The molecule has 0 saturated carbocycles. The van der Waals surface area contributed by atoms with Crippen molar-refractivity contribution >= 4 is 31.9 Å². The van der Waals surface area contributed by atoms with Gasteiger partial charge in [0.2, 0.25) is 0 Å². The van der Waals surface area contributed by atoms with Gasteiger partial charge in [-0.05, 0) is 0 Å². The third kappa shape index (κ3) is 7.02. The standard InChI is InChI=1S/C9H18Br2O6/c10-1-5(11)3-17-4-7(14)9(16)8(15)6(13)2-12/h5-9,12-16H,1-4H2. The highest BCUT2D eigenvalue weighted by molar-refractivity contribution is 9.12. The number of aliphatic hydroxyl groups excluding tert-OH is 5. The van der Waals surface area contributed by atoms with E-state index < -0.39 is 31.0 Å². The summed E-state index contributed by atoms with van der Waals surface area (Å²) in [4.78, 5) is 0.0831. The van der Waals surface area contributed by atoms with Crippen molar-refractivity contribution in [3.63, 3.8) is 0 Å². The first-order valence-corrected chi connectivity index (χ1v) is 7.08. The van der Waals surface area contributed by atoms with Crippen molar-refractivity contribution in [1.29, 1.82) is 0 Å². The maximum absolute atomic E-state index is 9.46. The van der Waals surface area contributed by atoms with E-state index in [1.54, 1.807) is 0 Å². The minimum absolute atomic E-state index is 0.0831. The van der Waals surface area contributed by atoms with E-state index in [4.69, 9.17) is 14.9 Å². The molecule has 0 rings (SSSR count). The molecule has 0 aromatic carbocycles. The molecule has 0 aliphatic carbocycles. The van der Waals surface area contributed by atoms with E-state index in [2.05, 4.69) is 31.9 Å². The number of halogens is 2. The van der Waals surface area contributed by atoms with E-state index in [-0.39, 0.29) is 11.4 Å². The first kappa shape index (κ1) is 17.7. The number of aliphatic hydroxyl groups is 5. The summed E-state index contributed by atoms with van der Waals surface area (Å²) in [6.07, 6.45) is -6.02. The molecule has 17 heavy (non-hydrogen) atoms. The number of alkyl halides is 2. The van der Waals surface area contributed by atoms with Crippen LogP contribution in [0, 0.1) is 0 Å². The lowest BCUT2D eigenvalue weighted by atomic mass is 10.0. The van der Waals surface area contributed by atoms with Crippen molar-refractivity contribution in [1.82, 2.24) is 0 Å². The summed E-state index contributed by atoms with van der Waals surface area (Å²) < 4.78 is 5.09. The summed E-state index contributed by atoms with van der Waals surface area (Å²) in [5.74, 6) is 0. The van der Waals surface area contributed by atoms with Gasteiger partial charge in [-0.3, -0.25) is 0 Å². The van der Waals surface area contributed by atoms with E-state index in [0.717, 1.165) is 0 Å². The minimum Gasteiger partial charge on any atom is -0.394 e. The monoisotopic (exact) mass is 380 g/mol. The Morgan fingerprint density at radius 3 is 1.94 bits per heavy atom. The topological polar surface area (TPSA) is 110 Å². The number of hydrogen-bond acceptors (Lipinski definition) is 6. The van der Waals surface area contributed by atoms with Crippen LogP contribution in [0.4, 0.5) is 0 Å².